The summed E-state index contributed by atoms with van der Waals surface area (Å²) in [7, 11) is 10.0. The molecule has 22 nitrogen and oxygen atoms in total. The summed E-state index contributed by atoms with van der Waals surface area (Å²) in [6, 6.07) is -4.64. The van der Waals surface area contributed by atoms with Crippen LogP contribution in [0.4, 0.5) is 13.2 Å². The normalized spacial score (nSPS) is 26.8. The minimum absolute atomic E-state index is 0.0305. The van der Waals surface area contributed by atoms with Crippen molar-refractivity contribution in [3.8, 4) is 0 Å². The second kappa shape index (κ2) is 33.2. The van der Waals surface area contributed by atoms with E-state index in [1.54, 1.807) is 34.6 Å². The number of carbonyl (C=O) groups excluding carboxylic acids is 11. The second-order valence-electron chi connectivity index (χ2n) is 26.4. The van der Waals surface area contributed by atoms with Gasteiger partial charge in [0.25, 0.3) is 0 Å². The third kappa shape index (κ3) is 19.7. The average Bonchev–Trinajstić information content (AvgIpc) is 1.32. The number of hydrogen-bond acceptors (Lipinski definition) is 11. The van der Waals surface area contributed by atoms with Crippen molar-refractivity contribution >= 4 is 76.6 Å². The summed E-state index contributed by atoms with van der Waals surface area (Å²) in [5.74, 6) is -7.95. The van der Waals surface area contributed by atoms with Gasteiger partial charge in [-0.25, -0.2) is 0 Å². The van der Waals surface area contributed by atoms with E-state index in [1.165, 1.54) is 86.8 Å². The highest BCUT2D eigenvalue weighted by Gasteiger charge is 2.46. The average molecular weight is 1290 g/mol. The van der Waals surface area contributed by atoms with Gasteiger partial charge in [0, 0.05) is 68.3 Å². The molecule has 1 aromatic carbocycles. The number of aryl methyl sites for hydroxylation is 1. The first-order valence-corrected chi connectivity index (χ1v) is 32.2. The number of rotatable bonds is 11. The van der Waals surface area contributed by atoms with Crippen molar-refractivity contribution in [1.82, 2.24) is 55.1 Å². The highest BCUT2D eigenvalue weighted by Crippen LogP contribution is 2.36. The Labute approximate surface area is 535 Å². The summed E-state index contributed by atoms with van der Waals surface area (Å²) in [6.45, 7) is 14.1. The van der Waals surface area contributed by atoms with Crippen LogP contribution in [0.3, 0.4) is 0 Å². The Hall–Kier alpha value is -6.53. The van der Waals surface area contributed by atoms with Gasteiger partial charge in [-0.15, -0.1) is 0 Å². The van der Waals surface area contributed by atoms with E-state index in [-0.39, 0.29) is 63.3 Å². The molecule has 9 atom stereocenters. The van der Waals surface area contributed by atoms with Crippen molar-refractivity contribution in [2.45, 2.75) is 206 Å². The van der Waals surface area contributed by atoms with Crippen LogP contribution in [0.15, 0.2) is 18.2 Å². The number of halogens is 4. The first-order valence-electron chi connectivity index (χ1n) is 31.8. The minimum atomic E-state index is -4.75. The van der Waals surface area contributed by atoms with Crippen LogP contribution in [0.1, 0.15) is 157 Å². The van der Waals surface area contributed by atoms with Crippen molar-refractivity contribution in [1.29, 1.82) is 0 Å². The fourth-order valence-corrected chi connectivity index (χ4v) is 12.5. The predicted molar refractivity (Wildman–Crippen MR) is 335 cm³/mol. The molecule has 3 N–H and O–H groups in total. The van der Waals surface area contributed by atoms with Gasteiger partial charge >= 0.3 is 6.18 Å². The number of alkyl halides is 3. The standard InChI is InChI=1S/C64H101ClF3N11O11/c1-17-40(7)54-60(88)74(12)36-52(82)72(10)37-53(83)77(15)49(34-42-23-20-19-21-24-42)59(87)73(11)35-50(80)69-46(29-27-43-26-28-44(45(65)33-43)64(66,67)68)58(86)79-30-22-25-47(79)57(85)71-63(9,18-2)62(90)78(16)55(39(5)6)61(89)75(13)41(8)32-51(81)76(14)48(31-38(3)4)56(84)70-54/h26,28,33,38-42,46-49,54-55H,17-25,27,29-32,34-37H2,1-16H3,(H,69,80)(H,70,84)(H,71,85)/t40-,41+,46-,47-,48-,49-,54-,55-,63+/m0/s1. The highest BCUT2D eigenvalue weighted by atomic mass is 35.5. The molecule has 0 radical (unpaired) electrons. The van der Waals surface area contributed by atoms with Crippen LogP contribution in [-0.4, -0.2) is 228 Å². The minimum Gasteiger partial charge on any atom is -0.343 e. The lowest BCUT2D eigenvalue weighted by molar-refractivity contribution is -0.152. The molecule has 0 unspecified atom stereocenters. The number of fused-ring (bicyclic) bond motifs is 1. The molecule has 0 aromatic heterocycles. The van der Waals surface area contributed by atoms with E-state index in [0.29, 0.717) is 18.4 Å². The van der Waals surface area contributed by atoms with Crippen LogP contribution in [0, 0.1) is 23.7 Å². The fourth-order valence-electron chi connectivity index (χ4n) is 12.2. The molecule has 2 aliphatic heterocycles. The first kappa shape index (κ1) is 75.9. The number of likely N-dealkylation sites (N-methyl/N-ethyl adjacent to an activating group) is 7. The summed E-state index contributed by atoms with van der Waals surface area (Å²) in [5, 5.41) is 7.91. The largest absolute Gasteiger partial charge is 0.417 e. The topological polar surface area (TPSA) is 250 Å². The molecule has 3 aliphatic rings. The van der Waals surface area contributed by atoms with E-state index >= 15 is 0 Å². The third-order valence-corrected chi connectivity index (χ3v) is 18.9. The zero-order valence-corrected chi connectivity index (χ0v) is 56.6. The Morgan fingerprint density at radius 2 is 1.27 bits per heavy atom. The van der Waals surface area contributed by atoms with Gasteiger partial charge < -0.3 is 55.1 Å². The summed E-state index contributed by atoms with van der Waals surface area (Å²) < 4.78 is 41.2. The predicted octanol–water partition coefficient (Wildman–Crippen LogP) is 5.36. The molecule has 26 heteroatoms. The fraction of sp³-hybridized carbons (Fsp3) is 0.734. The maximum atomic E-state index is 14.9. The maximum absolute atomic E-state index is 14.9. The molecule has 11 amide bonds. The Morgan fingerprint density at radius 1 is 0.667 bits per heavy atom. The summed E-state index contributed by atoms with van der Waals surface area (Å²) in [4.78, 5) is 169. The second-order valence-corrected chi connectivity index (χ2v) is 26.8. The van der Waals surface area contributed by atoms with E-state index in [4.69, 9.17) is 11.6 Å². The molecular formula is C64H101ClF3N11O11. The lowest BCUT2D eigenvalue weighted by atomic mass is 9.84. The van der Waals surface area contributed by atoms with Gasteiger partial charge in [-0.05, 0) is 100 Å². The maximum Gasteiger partial charge on any atom is 0.417 e. The van der Waals surface area contributed by atoms with Crippen LogP contribution in [0.2, 0.25) is 5.02 Å². The Morgan fingerprint density at radius 3 is 1.83 bits per heavy atom. The van der Waals surface area contributed by atoms with Crippen LogP contribution in [0.5, 0.6) is 0 Å². The molecule has 506 valence electrons. The smallest absolute Gasteiger partial charge is 0.343 e. The summed E-state index contributed by atoms with van der Waals surface area (Å²) in [6.07, 6.45) is 0.500. The van der Waals surface area contributed by atoms with Crippen molar-refractivity contribution in [2.75, 3.05) is 75.5 Å². The van der Waals surface area contributed by atoms with Crippen LogP contribution in [-0.2, 0) is 65.3 Å². The Kier molecular flexibility index (Phi) is 28.0. The quantitative estimate of drug-likeness (QED) is 0.254. The molecule has 90 heavy (non-hydrogen) atoms. The lowest BCUT2D eigenvalue weighted by Gasteiger charge is -2.40. The molecule has 4 rings (SSSR count). The lowest BCUT2D eigenvalue weighted by Crippen LogP contribution is -2.64. The number of nitrogens with one attached hydrogen (secondary N) is 3. The summed E-state index contributed by atoms with van der Waals surface area (Å²) in [5.41, 5.74) is -2.42. The van der Waals surface area contributed by atoms with Crippen LogP contribution < -0.4 is 16.0 Å². The molecule has 3 fully saturated rings. The molecule has 1 saturated carbocycles. The van der Waals surface area contributed by atoms with Crippen molar-refractivity contribution in [2.24, 2.45) is 23.7 Å². The molecule has 1 aliphatic carbocycles. The zero-order valence-electron chi connectivity index (χ0n) is 55.9. The van der Waals surface area contributed by atoms with Crippen molar-refractivity contribution in [3.05, 3.63) is 34.3 Å². The van der Waals surface area contributed by atoms with E-state index in [0.717, 1.165) is 58.9 Å². The molecule has 0 bridgehead atoms. The molecule has 2 saturated heterocycles. The van der Waals surface area contributed by atoms with Crippen molar-refractivity contribution < 1.29 is 65.9 Å². The van der Waals surface area contributed by atoms with Crippen molar-refractivity contribution in [3.63, 3.8) is 0 Å². The number of carbonyl (C=O) groups is 11. The zero-order chi connectivity index (χ0) is 68.0. The number of benzene rings is 1. The number of nitrogens with zero attached hydrogens (tertiary/aromatic N) is 8. The van der Waals surface area contributed by atoms with Gasteiger partial charge in [0.05, 0.1) is 30.2 Å². The highest BCUT2D eigenvalue weighted by molar-refractivity contribution is 6.31. The van der Waals surface area contributed by atoms with E-state index in [1.807, 2.05) is 20.8 Å². The Bertz CT molecular complexity index is 2750. The van der Waals surface area contributed by atoms with E-state index in [9.17, 15) is 65.9 Å². The summed E-state index contributed by atoms with van der Waals surface area (Å²) >= 11 is 6.10. The number of amides is 11. The number of hydrogen-bond donors (Lipinski definition) is 3. The Balaban J connectivity index is 1.81. The molecule has 2 heterocycles. The van der Waals surface area contributed by atoms with Gasteiger partial charge in [-0.1, -0.05) is 105 Å². The van der Waals surface area contributed by atoms with E-state index in [2.05, 4.69) is 16.0 Å². The third-order valence-electron chi connectivity index (χ3n) is 18.6. The van der Waals surface area contributed by atoms with Gasteiger partial charge in [0.15, 0.2) is 0 Å². The molecular weight excluding hydrogens is 1190 g/mol. The van der Waals surface area contributed by atoms with Gasteiger partial charge in [0.1, 0.15) is 41.8 Å². The van der Waals surface area contributed by atoms with Gasteiger partial charge in [-0.3, -0.25) is 52.7 Å². The molecule has 1 aromatic rings. The van der Waals surface area contributed by atoms with E-state index < -0.39 is 161 Å². The monoisotopic (exact) mass is 1290 g/mol. The molecule has 0 spiro atoms. The van der Waals surface area contributed by atoms with Gasteiger partial charge in [0.2, 0.25) is 65.0 Å². The van der Waals surface area contributed by atoms with Crippen LogP contribution >= 0.6 is 11.6 Å². The first-order chi connectivity index (χ1) is 41.9. The SMILES string of the molecule is CC[C@H](C)[C@@H]1NC(=O)[C@H](CC(C)C)N(C)C(=O)C[C@@H](C)N(C)C(=O)[C@H](C(C)C)N(C)C(=O)[C@@](C)(CC)NC(=O)[C@@H]2CCCN2C(=O)[C@H](CCc2ccc(C(F)(F)F)c(Cl)c2)NC(=O)CN(C)C(=O)[C@H](CC2CCCCC2)N(C)C(=O)CN(C)C(=O)CN(C)C1=O. The van der Waals surface area contributed by atoms with Crippen LogP contribution in [0.25, 0.3) is 0 Å². The van der Waals surface area contributed by atoms with Gasteiger partial charge in [-0.2, -0.15) is 13.2 Å².